The number of hydrogen-bond donors (Lipinski definition) is 3. The summed E-state index contributed by atoms with van der Waals surface area (Å²) >= 11 is 0. The van der Waals surface area contributed by atoms with E-state index in [1.165, 1.54) is 0 Å². The van der Waals surface area contributed by atoms with E-state index in [2.05, 4.69) is 30.9 Å². The molecule has 1 atom stereocenters. The van der Waals surface area contributed by atoms with Gasteiger partial charge < -0.3 is 5.32 Å². The predicted molar refractivity (Wildman–Crippen MR) is 105 cm³/mol. The molecule has 8 heteroatoms. The smallest absolute Gasteiger partial charge is 0.251 e. The van der Waals surface area contributed by atoms with Gasteiger partial charge in [0.2, 0.25) is 11.9 Å². The zero-order valence-electron chi connectivity index (χ0n) is 14.9. The van der Waals surface area contributed by atoms with Crippen LogP contribution < -0.4 is 16.0 Å². The minimum atomic E-state index is -0.873. The van der Waals surface area contributed by atoms with Crippen molar-refractivity contribution in [3.63, 3.8) is 0 Å². The van der Waals surface area contributed by atoms with Crippen LogP contribution in [0.2, 0.25) is 0 Å². The number of aromatic nitrogens is 3. The van der Waals surface area contributed by atoms with Crippen LogP contribution in [0.5, 0.6) is 0 Å². The molecule has 1 fully saturated rings. The van der Waals surface area contributed by atoms with E-state index in [1.807, 2.05) is 60.7 Å². The molecule has 1 aliphatic heterocycles. The highest BCUT2D eigenvalue weighted by molar-refractivity contribution is 6.11. The number of carbonyl (C=O) groups is 2. The van der Waals surface area contributed by atoms with Crippen LogP contribution in [0.15, 0.2) is 60.7 Å². The van der Waals surface area contributed by atoms with Crippen LogP contribution in [-0.4, -0.2) is 39.2 Å². The van der Waals surface area contributed by atoms with E-state index < -0.39 is 11.9 Å². The lowest BCUT2D eigenvalue weighted by molar-refractivity contribution is -0.126. The fourth-order valence-electron chi connectivity index (χ4n) is 2.87. The first kappa shape index (κ1) is 17.7. The monoisotopic (exact) mass is 374 g/mol. The van der Waals surface area contributed by atoms with Gasteiger partial charge in [-0.15, -0.1) is 0 Å². The van der Waals surface area contributed by atoms with Crippen LogP contribution in [0, 0.1) is 0 Å². The Morgan fingerprint density at radius 2 is 1.61 bits per heavy atom. The standard InChI is InChI=1S/C20H18N6O2/c27-15-11-12-21-16(15)18(28)25-20-24-17(13-7-3-1-4-8-13)23-19(26-20)22-14-9-5-2-6-10-14/h1-10,16,21H,11-12H2,(H2,22,23,24,25,26,28). The number of rotatable bonds is 5. The first-order valence-electron chi connectivity index (χ1n) is 8.89. The normalized spacial score (nSPS) is 16.0. The van der Waals surface area contributed by atoms with Gasteiger partial charge in [0.1, 0.15) is 6.04 Å². The SMILES string of the molecule is O=C1CCNC1C(=O)Nc1nc(Nc2ccccc2)nc(-c2ccccc2)n1. The minimum absolute atomic E-state index is 0.0822. The third-order valence-corrected chi connectivity index (χ3v) is 4.24. The number of amides is 1. The molecule has 1 aliphatic rings. The Hall–Kier alpha value is -3.65. The Kier molecular flexibility index (Phi) is 5.03. The number of carbonyl (C=O) groups excluding carboxylic acids is 2. The summed E-state index contributed by atoms with van der Waals surface area (Å²) in [5, 5.41) is 8.61. The van der Waals surface area contributed by atoms with Gasteiger partial charge in [-0.25, -0.2) is 0 Å². The number of Topliss-reactive ketones (excluding diaryl/α,β-unsaturated/α-hetero) is 1. The van der Waals surface area contributed by atoms with Gasteiger partial charge in [-0.05, 0) is 12.1 Å². The fraction of sp³-hybridized carbons (Fsp3) is 0.150. The molecule has 1 unspecified atom stereocenters. The lowest BCUT2D eigenvalue weighted by atomic mass is 10.2. The van der Waals surface area contributed by atoms with E-state index in [1.54, 1.807) is 0 Å². The Labute approximate surface area is 161 Å². The molecule has 1 amide bonds. The first-order valence-corrected chi connectivity index (χ1v) is 8.89. The number of anilines is 3. The number of ketones is 1. The maximum Gasteiger partial charge on any atom is 0.251 e. The second-order valence-electron chi connectivity index (χ2n) is 6.26. The lowest BCUT2D eigenvalue weighted by Crippen LogP contribution is -2.40. The highest BCUT2D eigenvalue weighted by Crippen LogP contribution is 2.20. The molecule has 0 aliphatic carbocycles. The quantitative estimate of drug-likeness (QED) is 0.587. The molecule has 3 aromatic rings. The molecule has 0 spiro atoms. The number of nitrogens with zero attached hydrogens (tertiary/aromatic N) is 3. The average molecular weight is 374 g/mol. The third-order valence-electron chi connectivity index (χ3n) is 4.24. The summed E-state index contributed by atoms with van der Waals surface area (Å²) in [5.74, 6) is 0.172. The summed E-state index contributed by atoms with van der Waals surface area (Å²) in [6, 6.07) is 18.0. The van der Waals surface area contributed by atoms with E-state index in [4.69, 9.17) is 0 Å². The van der Waals surface area contributed by atoms with Gasteiger partial charge in [-0.2, -0.15) is 15.0 Å². The van der Waals surface area contributed by atoms with Crippen molar-refractivity contribution < 1.29 is 9.59 Å². The Balaban J connectivity index is 1.65. The zero-order valence-corrected chi connectivity index (χ0v) is 14.9. The van der Waals surface area contributed by atoms with Gasteiger partial charge in [0.05, 0.1) is 0 Å². The molecule has 28 heavy (non-hydrogen) atoms. The molecular weight excluding hydrogens is 356 g/mol. The molecule has 2 heterocycles. The van der Waals surface area contributed by atoms with Crippen LogP contribution in [0.3, 0.4) is 0 Å². The van der Waals surface area contributed by atoms with Crippen LogP contribution in [-0.2, 0) is 9.59 Å². The molecule has 1 saturated heterocycles. The van der Waals surface area contributed by atoms with E-state index in [9.17, 15) is 9.59 Å². The van der Waals surface area contributed by atoms with E-state index in [0.717, 1.165) is 11.3 Å². The predicted octanol–water partition coefficient (Wildman–Crippen LogP) is 2.15. The van der Waals surface area contributed by atoms with Crippen molar-refractivity contribution >= 4 is 29.3 Å². The second kappa shape index (κ2) is 7.93. The van der Waals surface area contributed by atoms with Crippen molar-refractivity contribution in [3.8, 4) is 11.4 Å². The van der Waals surface area contributed by atoms with Gasteiger partial charge in [0.25, 0.3) is 5.91 Å². The van der Waals surface area contributed by atoms with Gasteiger partial charge in [0, 0.05) is 24.2 Å². The maximum atomic E-state index is 12.4. The molecule has 140 valence electrons. The van der Waals surface area contributed by atoms with Crippen molar-refractivity contribution in [2.75, 3.05) is 17.2 Å². The largest absolute Gasteiger partial charge is 0.324 e. The zero-order chi connectivity index (χ0) is 19.3. The number of para-hydroxylation sites is 1. The Morgan fingerprint density at radius 1 is 0.929 bits per heavy atom. The molecule has 1 aromatic heterocycles. The first-order chi connectivity index (χ1) is 13.7. The summed E-state index contributed by atoms with van der Waals surface area (Å²) < 4.78 is 0. The molecule has 8 nitrogen and oxygen atoms in total. The summed E-state index contributed by atoms with van der Waals surface area (Å²) in [6.07, 6.45) is 0.339. The minimum Gasteiger partial charge on any atom is -0.324 e. The molecular formula is C20H18N6O2. The van der Waals surface area contributed by atoms with E-state index in [0.29, 0.717) is 24.7 Å². The fourth-order valence-corrected chi connectivity index (χ4v) is 2.87. The summed E-state index contributed by atoms with van der Waals surface area (Å²) in [6.45, 7) is 0.490. The molecule has 0 saturated carbocycles. The third kappa shape index (κ3) is 4.02. The number of hydrogen-bond acceptors (Lipinski definition) is 7. The van der Waals surface area contributed by atoms with Gasteiger partial charge in [-0.3, -0.25) is 20.2 Å². The lowest BCUT2D eigenvalue weighted by Gasteiger charge is -2.12. The summed E-state index contributed by atoms with van der Waals surface area (Å²) in [5.41, 5.74) is 1.59. The van der Waals surface area contributed by atoms with E-state index in [-0.39, 0.29) is 11.7 Å². The molecule has 0 radical (unpaired) electrons. The van der Waals surface area contributed by atoms with Crippen LogP contribution in [0.1, 0.15) is 6.42 Å². The second-order valence-corrected chi connectivity index (χ2v) is 6.26. The van der Waals surface area contributed by atoms with Crippen molar-refractivity contribution in [2.24, 2.45) is 0 Å². The van der Waals surface area contributed by atoms with Crippen LogP contribution in [0.25, 0.3) is 11.4 Å². The molecule has 2 aromatic carbocycles. The van der Waals surface area contributed by atoms with Crippen molar-refractivity contribution in [1.29, 1.82) is 0 Å². The molecule has 4 rings (SSSR count). The average Bonchev–Trinajstić information content (AvgIpc) is 3.15. The van der Waals surface area contributed by atoms with Crippen LogP contribution in [0.4, 0.5) is 17.6 Å². The number of nitrogens with one attached hydrogen (secondary N) is 3. The topological polar surface area (TPSA) is 109 Å². The highest BCUT2D eigenvalue weighted by Gasteiger charge is 2.31. The summed E-state index contributed by atoms with van der Waals surface area (Å²) in [7, 11) is 0. The van der Waals surface area contributed by atoms with E-state index >= 15 is 0 Å². The van der Waals surface area contributed by atoms with Crippen molar-refractivity contribution in [2.45, 2.75) is 12.5 Å². The Bertz CT molecular complexity index is 994. The van der Waals surface area contributed by atoms with Gasteiger partial charge in [-0.1, -0.05) is 48.5 Å². The van der Waals surface area contributed by atoms with Crippen LogP contribution >= 0.6 is 0 Å². The van der Waals surface area contributed by atoms with Crippen molar-refractivity contribution in [1.82, 2.24) is 20.3 Å². The summed E-state index contributed by atoms with van der Waals surface area (Å²) in [4.78, 5) is 37.3. The maximum absolute atomic E-state index is 12.4. The molecule has 3 N–H and O–H groups in total. The van der Waals surface area contributed by atoms with Crippen molar-refractivity contribution in [3.05, 3.63) is 60.7 Å². The van der Waals surface area contributed by atoms with Gasteiger partial charge >= 0.3 is 0 Å². The van der Waals surface area contributed by atoms with Gasteiger partial charge in [0.15, 0.2) is 11.6 Å². The Morgan fingerprint density at radius 3 is 2.29 bits per heavy atom. The molecule has 0 bridgehead atoms. The highest BCUT2D eigenvalue weighted by atomic mass is 16.2. The number of benzene rings is 2.